The largest absolute Gasteiger partial charge is 0.381 e. The van der Waals surface area contributed by atoms with Gasteiger partial charge in [0, 0.05) is 64.0 Å². The molecule has 2 saturated heterocycles. The van der Waals surface area contributed by atoms with Crippen LogP contribution in [0.5, 0.6) is 0 Å². The van der Waals surface area contributed by atoms with Crippen LogP contribution >= 0.6 is 0 Å². The summed E-state index contributed by atoms with van der Waals surface area (Å²) in [4.78, 5) is 4.68. The van der Waals surface area contributed by atoms with Gasteiger partial charge in [-0.15, -0.1) is 0 Å². The van der Waals surface area contributed by atoms with Crippen LogP contribution in [0, 0.1) is 0 Å². The molecule has 0 aliphatic carbocycles. The summed E-state index contributed by atoms with van der Waals surface area (Å²) < 4.78 is 32.3. The summed E-state index contributed by atoms with van der Waals surface area (Å²) in [6.45, 7) is 8.80. The van der Waals surface area contributed by atoms with E-state index in [1.54, 1.807) is 0 Å². The first kappa shape index (κ1) is 19.6. The second-order valence-electron chi connectivity index (χ2n) is 7.58. The van der Waals surface area contributed by atoms with Gasteiger partial charge in [0.25, 0.3) is 5.92 Å². The second-order valence-corrected chi connectivity index (χ2v) is 7.58. The molecule has 0 spiro atoms. The van der Waals surface area contributed by atoms with Gasteiger partial charge in [0.2, 0.25) is 0 Å². The molecule has 0 atom stereocenters. The van der Waals surface area contributed by atoms with Crippen molar-refractivity contribution in [2.24, 2.45) is 0 Å². The van der Waals surface area contributed by atoms with E-state index in [1.165, 1.54) is 16.8 Å². The fourth-order valence-corrected chi connectivity index (χ4v) is 4.19. The van der Waals surface area contributed by atoms with Gasteiger partial charge in [0.15, 0.2) is 0 Å². The molecule has 0 aromatic heterocycles. The van der Waals surface area contributed by atoms with Crippen LogP contribution < -0.4 is 4.90 Å². The molecule has 0 saturated carbocycles. The van der Waals surface area contributed by atoms with Crippen LogP contribution in [-0.2, 0) is 17.7 Å². The third-order valence-electron chi connectivity index (χ3n) is 5.81. The van der Waals surface area contributed by atoms with E-state index in [9.17, 15) is 8.78 Å². The van der Waals surface area contributed by atoms with Crippen LogP contribution in [0.25, 0.3) is 0 Å². The van der Waals surface area contributed by atoms with Crippen LogP contribution in [0.15, 0.2) is 18.2 Å². The van der Waals surface area contributed by atoms with Gasteiger partial charge in [-0.1, -0.05) is 19.1 Å². The molecule has 26 heavy (non-hydrogen) atoms. The monoisotopic (exact) mass is 366 g/mol. The van der Waals surface area contributed by atoms with Crippen molar-refractivity contribution in [1.29, 1.82) is 0 Å². The summed E-state index contributed by atoms with van der Waals surface area (Å²) >= 11 is 0. The van der Waals surface area contributed by atoms with Gasteiger partial charge < -0.3 is 9.64 Å². The zero-order valence-corrected chi connectivity index (χ0v) is 16.1. The normalized spacial score (nSPS) is 21.7. The Morgan fingerprint density at radius 3 is 2.46 bits per heavy atom. The van der Waals surface area contributed by atoms with Crippen molar-refractivity contribution in [1.82, 2.24) is 4.90 Å². The molecule has 0 bridgehead atoms. The van der Waals surface area contributed by atoms with Gasteiger partial charge in [-0.05, 0) is 43.4 Å². The molecule has 0 amide bonds. The molecule has 5 heteroatoms. The number of aryl methyl sites for hydroxylation is 1. The van der Waals surface area contributed by atoms with Gasteiger partial charge in [-0.25, -0.2) is 8.78 Å². The molecule has 1 aromatic rings. The third kappa shape index (κ3) is 4.74. The zero-order valence-electron chi connectivity index (χ0n) is 16.1. The summed E-state index contributed by atoms with van der Waals surface area (Å²) in [5.74, 6) is -2.48. The smallest absolute Gasteiger partial charge is 0.250 e. The minimum absolute atomic E-state index is 0.0178. The van der Waals surface area contributed by atoms with Crippen molar-refractivity contribution in [3.05, 3.63) is 29.3 Å². The number of hydrogen-bond donors (Lipinski definition) is 0. The van der Waals surface area contributed by atoms with E-state index in [4.69, 9.17) is 4.74 Å². The van der Waals surface area contributed by atoms with E-state index >= 15 is 0 Å². The number of hydrogen-bond acceptors (Lipinski definition) is 3. The fourth-order valence-electron chi connectivity index (χ4n) is 4.19. The van der Waals surface area contributed by atoms with Crippen LogP contribution in [0.4, 0.5) is 14.5 Å². The lowest BCUT2D eigenvalue weighted by atomic mass is 10.0. The van der Waals surface area contributed by atoms with Gasteiger partial charge in [-0.3, -0.25) is 4.90 Å². The molecule has 2 fully saturated rings. The molecular formula is C21H32F2N2O. The number of alkyl halides is 2. The topological polar surface area (TPSA) is 15.7 Å². The highest BCUT2D eigenvalue weighted by Gasteiger charge is 2.33. The summed E-state index contributed by atoms with van der Waals surface area (Å²) in [7, 11) is 0. The molecule has 1 aromatic carbocycles. The highest BCUT2D eigenvalue weighted by atomic mass is 19.3. The lowest BCUT2D eigenvalue weighted by Crippen LogP contribution is -2.40. The molecule has 0 N–H and O–H groups in total. The van der Waals surface area contributed by atoms with E-state index in [1.807, 2.05) is 0 Å². The maximum absolute atomic E-state index is 13.4. The number of likely N-dealkylation sites (tertiary alicyclic amines) is 1. The Hall–Kier alpha value is -1.20. The lowest BCUT2D eigenvalue weighted by molar-refractivity contribution is -0.0566. The number of anilines is 1. The molecule has 0 unspecified atom stereocenters. The van der Waals surface area contributed by atoms with Gasteiger partial charge in [0.1, 0.15) is 0 Å². The first-order valence-electron chi connectivity index (χ1n) is 10.1. The van der Waals surface area contributed by atoms with E-state index in [2.05, 4.69) is 41.8 Å². The number of ether oxygens (including phenoxy) is 1. The Kier molecular flexibility index (Phi) is 6.51. The van der Waals surface area contributed by atoms with Crippen LogP contribution in [0.1, 0.15) is 50.7 Å². The average molecular weight is 366 g/mol. The first-order valence-corrected chi connectivity index (χ1v) is 10.1. The maximum atomic E-state index is 13.4. The highest BCUT2D eigenvalue weighted by molar-refractivity contribution is 5.56. The summed E-state index contributed by atoms with van der Waals surface area (Å²) in [5, 5.41) is 0. The zero-order chi connectivity index (χ0) is 18.6. The Labute approximate surface area is 156 Å². The van der Waals surface area contributed by atoms with E-state index in [-0.39, 0.29) is 12.8 Å². The number of rotatable bonds is 6. The van der Waals surface area contributed by atoms with Gasteiger partial charge in [-0.2, -0.15) is 0 Å². The maximum Gasteiger partial charge on any atom is 0.250 e. The number of halogens is 2. The Morgan fingerprint density at radius 1 is 1.15 bits per heavy atom. The van der Waals surface area contributed by atoms with Crippen molar-refractivity contribution in [3.63, 3.8) is 0 Å². The fraction of sp³-hybridized carbons (Fsp3) is 0.714. The minimum Gasteiger partial charge on any atom is -0.381 e. The van der Waals surface area contributed by atoms with Crippen molar-refractivity contribution >= 4 is 5.69 Å². The van der Waals surface area contributed by atoms with Crippen molar-refractivity contribution < 1.29 is 13.5 Å². The quantitative estimate of drug-likeness (QED) is 0.738. The predicted molar refractivity (Wildman–Crippen MR) is 102 cm³/mol. The Morgan fingerprint density at radius 2 is 1.85 bits per heavy atom. The van der Waals surface area contributed by atoms with Crippen molar-refractivity contribution in [2.75, 3.05) is 37.7 Å². The molecule has 0 radical (unpaired) electrons. The molecule has 3 rings (SSSR count). The number of piperidine rings is 1. The van der Waals surface area contributed by atoms with Crippen LogP contribution in [0.3, 0.4) is 0 Å². The van der Waals surface area contributed by atoms with Gasteiger partial charge >= 0.3 is 0 Å². The summed E-state index contributed by atoms with van der Waals surface area (Å²) in [5.41, 5.74) is 3.92. The molecular weight excluding hydrogens is 334 g/mol. The second kappa shape index (κ2) is 8.66. The third-order valence-corrected chi connectivity index (χ3v) is 5.81. The van der Waals surface area contributed by atoms with Crippen LogP contribution in [0.2, 0.25) is 0 Å². The minimum atomic E-state index is -2.48. The Bertz CT molecular complexity index is 577. The Balaban J connectivity index is 1.75. The molecule has 2 aliphatic heterocycles. The predicted octanol–water partition coefficient (Wildman–Crippen LogP) is 4.49. The first-order chi connectivity index (χ1) is 12.5. The standard InChI is InChI=1S/C21H32F2N2O/c1-3-18-6-5-17(16-24-11-9-21(22,23)10-12-24)15-20(18)25(4-2)19-7-13-26-14-8-19/h5-6,15,19H,3-4,7-14,16H2,1-2H3. The van der Waals surface area contributed by atoms with Crippen molar-refractivity contribution in [2.45, 2.75) is 64.5 Å². The number of nitrogens with zero attached hydrogens (tertiary/aromatic N) is 2. The summed E-state index contributed by atoms with van der Waals surface area (Å²) in [6.07, 6.45) is 3.11. The lowest BCUT2D eigenvalue weighted by Gasteiger charge is -2.37. The molecule has 146 valence electrons. The van der Waals surface area contributed by atoms with Crippen molar-refractivity contribution in [3.8, 4) is 0 Å². The molecule has 2 heterocycles. The van der Waals surface area contributed by atoms with E-state index < -0.39 is 5.92 Å². The highest BCUT2D eigenvalue weighted by Crippen LogP contribution is 2.31. The van der Waals surface area contributed by atoms with Crippen LogP contribution in [-0.4, -0.2) is 49.7 Å². The average Bonchev–Trinajstić information content (AvgIpc) is 2.65. The van der Waals surface area contributed by atoms with Gasteiger partial charge in [0.05, 0.1) is 0 Å². The molecule has 3 nitrogen and oxygen atoms in total. The SMILES string of the molecule is CCc1ccc(CN2CCC(F)(F)CC2)cc1N(CC)C1CCOCC1. The van der Waals surface area contributed by atoms with E-state index in [0.29, 0.717) is 19.1 Å². The van der Waals surface area contributed by atoms with E-state index in [0.717, 1.165) is 45.6 Å². The molecule has 2 aliphatic rings. The number of benzene rings is 1. The summed E-state index contributed by atoms with van der Waals surface area (Å²) in [6, 6.07) is 7.23.